The number of rotatable bonds is 6. The Kier molecular flexibility index (Phi) is 5.20. The summed E-state index contributed by atoms with van der Waals surface area (Å²) in [6, 6.07) is 14.7. The van der Waals surface area contributed by atoms with E-state index >= 15 is 0 Å². The molecule has 5 nitrogen and oxygen atoms in total. The van der Waals surface area contributed by atoms with E-state index in [-0.39, 0.29) is 29.8 Å². The quantitative estimate of drug-likeness (QED) is 0.833. The van der Waals surface area contributed by atoms with Crippen LogP contribution in [0.5, 0.6) is 0 Å². The van der Waals surface area contributed by atoms with Crippen molar-refractivity contribution in [3.05, 3.63) is 65.2 Å². The standard InChI is InChI=1S/C19H22N2O3S/c1-14-6-9-16(10-7-14)25(23,24)20-13-12-19(22)21-18-11-8-15-4-2-3-5-17(15)18/h2-7,9-10,18,20H,8,11-13H2,1H3,(H,21,22)/t18-/m0/s1. The molecule has 0 aliphatic heterocycles. The minimum atomic E-state index is -3.58. The maximum atomic E-state index is 12.2. The Bertz CT molecular complexity index is 860. The Morgan fingerprint density at radius 3 is 2.60 bits per heavy atom. The van der Waals surface area contributed by atoms with Crippen molar-refractivity contribution in [2.24, 2.45) is 0 Å². The number of sulfonamides is 1. The van der Waals surface area contributed by atoms with Gasteiger partial charge in [-0.25, -0.2) is 13.1 Å². The zero-order valence-corrected chi connectivity index (χ0v) is 15.0. The van der Waals surface area contributed by atoms with Gasteiger partial charge in [-0.05, 0) is 43.0 Å². The number of amides is 1. The zero-order valence-electron chi connectivity index (χ0n) is 14.2. The second-order valence-electron chi connectivity index (χ2n) is 6.32. The molecular weight excluding hydrogens is 336 g/mol. The molecule has 2 aromatic rings. The fraction of sp³-hybridized carbons (Fsp3) is 0.316. The first kappa shape index (κ1) is 17.6. The Hall–Kier alpha value is -2.18. The van der Waals surface area contributed by atoms with Crippen LogP contribution in [0, 0.1) is 6.92 Å². The third-order valence-electron chi connectivity index (χ3n) is 4.44. The second-order valence-corrected chi connectivity index (χ2v) is 8.09. The van der Waals surface area contributed by atoms with Crippen LogP contribution < -0.4 is 10.0 Å². The summed E-state index contributed by atoms with van der Waals surface area (Å²) in [4.78, 5) is 12.3. The first-order chi connectivity index (χ1) is 12.0. The monoisotopic (exact) mass is 358 g/mol. The van der Waals surface area contributed by atoms with E-state index in [1.54, 1.807) is 24.3 Å². The molecule has 6 heteroatoms. The van der Waals surface area contributed by atoms with Gasteiger partial charge in [-0.1, -0.05) is 42.0 Å². The van der Waals surface area contributed by atoms with Crippen LogP contribution in [0.2, 0.25) is 0 Å². The number of carbonyl (C=O) groups excluding carboxylic acids is 1. The van der Waals surface area contributed by atoms with Gasteiger partial charge in [0.15, 0.2) is 0 Å². The SMILES string of the molecule is Cc1ccc(S(=O)(=O)NCCC(=O)N[C@H]2CCc3ccccc32)cc1. The van der Waals surface area contributed by atoms with Crippen LogP contribution in [0.4, 0.5) is 0 Å². The number of fused-ring (bicyclic) bond motifs is 1. The van der Waals surface area contributed by atoms with Crippen LogP contribution in [0.15, 0.2) is 53.4 Å². The van der Waals surface area contributed by atoms with E-state index in [0.29, 0.717) is 0 Å². The molecule has 0 spiro atoms. The summed E-state index contributed by atoms with van der Waals surface area (Å²) in [5.74, 6) is -0.145. The van der Waals surface area contributed by atoms with E-state index < -0.39 is 10.0 Å². The average molecular weight is 358 g/mol. The Morgan fingerprint density at radius 2 is 1.84 bits per heavy atom. The molecular formula is C19H22N2O3S. The predicted molar refractivity (Wildman–Crippen MR) is 96.6 cm³/mol. The molecule has 1 aliphatic rings. The van der Waals surface area contributed by atoms with E-state index in [0.717, 1.165) is 24.0 Å². The fourth-order valence-corrected chi connectivity index (χ4v) is 4.11. The molecule has 2 aromatic carbocycles. The zero-order chi connectivity index (χ0) is 17.9. The van der Waals surface area contributed by atoms with Crippen LogP contribution in [-0.4, -0.2) is 20.9 Å². The fourth-order valence-electron chi connectivity index (χ4n) is 3.07. The highest BCUT2D eigenvalue weighted by Gasteiger charge is 2.23. The van der Waals surface area contributed by atoms with E-state index in [1.165, 1.54) is 5.56 Å². The summed E-state index contributed by atoms with van der Waals surface area (Å²) in [6.07, 6.45) is 1.96. The molecule has 0 aromatic heterocycles. The molecule has 0 radical (unpaired) electrons. The molecule has 3 rings (SSSR count). The largest absolute Gasteiger partial charge is 0.349 e. The van der Waals surface area contributed by atoms with Crippen molar-refractivity contribution in [2.45, 2.75) is 37.1 Å². The highest BCUT2D eigenvalue weighted by Crippen LogP contribution is 2.30. The van der Waals surface area contributed by atoms with Crippen LogP contribution >= 0.6 is 0 Å². The summed E-state index contributed by atoms with van der Waals surface area (Å²) in [7, 11) is -3.58. The van der Waals surface area contributed by atoms with Gasteiger partial charge in [-0.2, -0.15) is 0 Å². The molecule has 132 valence electrons. The lowest BCUT2D eigenvalue weighted by Gasteiger charge is -2.14. The Balaban J connectivity index is 1.51. The molecule has 25 heavy (non-hydrogen) atoms. The van der Waals surface area contributed by atoms with Crippen molar-refractivity contribution >= 4 is 15.9 Å². The number of hydrogen-bond acceptors (Lipinski definition) is 3. The summed E-state index contributed by atoms with van der Waals surface area (Å²) < 4.78 is 26.9. The van der Waals surface area contributed by atoms with E-state index in [2.05, 4.69) is 16.1 Å². The molecule has 0 heterocycles. The third-order valence-corrected chi connectivity index (χ3v) is 5.92. The first-order valence-electron chi connectivity index (χ1n) is 8.39. The second kappa shape index (κ2) is 7.37. The minimum absolute atomic E-state index is 0.0254. The van der Waals surface area contributed by atoms with Crippen LogP contribution in [0.25, 0.3) is 0 Å². The summed E-state index contributed by atoms with van der Waals surface area (Å²) >= 11 is 0. The molecule has 0 unspecified atom stereocenters. The van der Waals surface area contributed by atoms with Crippen LogP contribution in [-0.2, 0) is 21.2 Å². The third kappa shape index (κ3) is 4.27. The van der Waals surface area contributed by atoms with Gasteiger partial charge in [0.1, 0.15) is 0 Å². The molecule has 0 fully saturated rings. The lowest BCUT2D eigenvalue weighted by Crippen LogP contribution is -2.32. The van der Waals surface area contributed by atoms with Gasteiger partial charge in [0.05, 0.1) is 10.9 Å². The molecule has 0 bridgehead atoms. The van der Waals surface area contributed by atoms with Crippen LogP contribution in [0.3, 0.4) is 0 Å². The van der Waals surface area contributed by atoms with Gasteiger partial charge in [0, 0.05) is 13.0 Å². The molecule has 0 saturated heterocycles. The van der Waals surface area contributed by atoms with Crippen molar-refractivity contribution < 1.29 is 13.2 Å². The number of aryl methyl sites for hydroxylation is 2. The van der Waals surface area contributed by atoms with Gasteiger partial charge < -0.3 is 5.32 Å². The van der Waals surface area contributed by atoms with Gasteiger partial charge >= 0.3 is 0 Å². The van der Waals surface area contributed by atoms with Gasteiger partial charge in [-0.3, -0.25) is 4.79 Å². The topological polar surface area (TPSA) is 75.3 Å². The maximum Gasteiger partial charge on any atom is 0.240 e. The normalized spacial score (nSPS) is 16.4. The van der Waals surface area contributed by atoms with Gasteiger partial charge in [0.25, 0.3) is 0 Å². The van der Waals surface area contributed by atoms with E-state index in [1.807, 2.05) is 25.1 Å². The highest BCUT2D eigenvalue weighted by atomic mass is 32.2. The van der Waals surface area contributed by atoms with Crippen molar-refractivity contribution in [1.82, 2.24) is 10.0 Å². The number of hydrogen-bond donors (Lipinski definition) is 2. The summed E-state index contributed by atoms with van der Waals surface area (Å²) in [5.41, 5.74) is 3.43. The number of nitrogens with one attached hydrogen (secondary N) is 2. The molecule has 0 saturated carbocycles. The molecule has 1 amide bonds. The smallest absolute Gasteiger partial charge is 0.240 e. The van der Waals surface area contributed by atoms with Crippen molar-refractivity contribution in [3.8, 4) is 0 Å². The Morgan fingerprint density at radius 1 is 1.12 bits per heavy atom. The van der Waals surface area contributed by atoms with Crippen molar-refractivity contribution in [1.29, 1.82) is 0 Å². The lowest BCUT2D eigenvalue weighted by molar-refractivity contribution is -0.121. The molecule has 2 N–H and O–H groups in total. The minimum Gasteiger partial charge on any atom is -0.349 e. The number of carbonyl (C=O) groups is 1. The first-order valence-corrected chi connectivity index (χ1v) is 9.87. The predicted octanol–water partition coefficient (Wildman–Crippen LogP) is 2.47. The van der Waals surface area contributed by atoms with E-state index in [9.17, 15) is 13.2 Å². The van der Waals surface area contributed by atoms with Crippen molar-refractivity contribution in [2.75, 3.05) is 6.54 Å². The summed E-state index contributed by atoms with van der Waals surface area (Å²) in [5, 5.41) is 2.99. The molecule has 1 aliphatic carbocycles. The average Bonchev–Trinajstić information content (AvgIpc) is 2.98. The maximum absolute atomic E-state index is 12.2. The highest BCUT2D eigenvalue weighted by molar-refractivity contribution is 7.89. The van der Waals surface area contributed by atoms with Gasteiger partial charge in [0.2, 0.25) is 15.9 Å². The van der Waals surface area contributed by atoms with E-state index in [4.69, 9.17) is 0 Å². The molecule has 1 atom stereocenters. The van der Waals surface area contributed by atoms with Crippen molar-refractivity contribution in [3.63, 3.8) is 0 Å². The summed E-state index contributed by atoms with van der Waals surface area (Å²) in [6.45, 7) is 1.98. The number of benzene rings is 2. The van der Waals surface area contributed by atoms with Crippen LogP contribution in [0.1, 0.15) is 35.6 Å². The Labute approximate surface area is 148 Å². The van der Waals surface area contributed by atoms with Gasteiger partial charge in [-0.15, -0.1) is 0 Å². The lowest BCUT2D eigenvalue weighted by atomic mass is 10.1.